The predicted octanol–water partition coefficient (Wildman–Crippen LogP) is 4.65. The highest BCUT2D eigenvalue weighted by Crippen LogP contribution is 2.20. The summed E-state index contributed by atoms with van der Waals surface area (Å²) in [6, 6.07) is 16.4. The maximum atomic E-state index is 13.6. The molecule has 0 atom stereocenters. The molecule has 30 heavy (non-hydrogen) atoms. The molecule has 3 aromatic rings. The SMILES string of the molecule is Cc1ccc(NS(=O)(=O)c2ccc(CCC(=O)Nc3c(F)cccc3F)cc2)cc1. The molecule has 0 bridgehead atoms. The van der Waals surface area contributed by atoms with Gasteiger partial charge in [0.1, 0.15) is 17.3 Å². The third-order valence-electron chi connectivity index (χ3n) is 4.41. The molecule has 0 fully saturated rings. The van der Waals surface area contributed by atoms with Crippen LogP contribution in [0.25, 0.3) is 0 Å². The number of aryl methyl sites for hydroxylation is 2. The Balaban J connectivity index is 1.60. The second-order valence-electron chi connectivity index (χ2n) is 6.76. The average molecular weight is 430 g/mol. The van der Waals surface area contributed by atoms with Crippen LogP contribution in [0.15, 0.2) is 71.6 Å². The third kappa shape index (κ3) is 5.42. The third-order valence-corrected chi connectivity index (χ3v) is 5.80. The van der Waals surface area contributed by atoms with Crippen LogP contribution in [0.5, 0.6) is 0 Å². The first-order chi connectivity index (χ1) is 14.2. The van der Waals surface area contributed by atoms with Crippen molar-refractivity contribution in [3.05, 3.63) is 89.5 Å². The summed E-state index contributed by atoms with van der Waals surface area (Å²) in [5, 5.41) is 2.22. The van der Waals surface area contributed by atoms with Crippen molar-refractivity contribution < 1.29 is 22.0 Å². The van der Waals surface area contributed by atoms with E-state index in [1.807, 2.05) is 6.92 Å². The Hall–Kier alpha value is -3.26. The fourth-order valence-electron chi connectivity index (χ4n) is 2.75. The maximum Gasteiger partial charge on any atom is 0.261 e. The monoisotopic (exact) mass is 430 g/mol. The molecule has 0 unspecified atom stereocenters. The molecule has 0 aliphatic rings. The molecule has 0 saturated heterocycles. The lowest BCUT2D eigenvalue weighted by Gasteiger charge is -2.10. The zero-order chi connectivity index (χ0) is 21.7. The van der Waals surface area contributed by atoms with Crippen molar-refractivity contribution in [1.82, 2.24) is 0 Å². The van der Waals surface area contributed by atoms with Crippen molar-refractivity contribution >= 4 is 27.3 Å². The summed E-state index contributed by atoms with van der Waals surface area (Å²) in [7, 11) is -3.74. The van der Waals surface area contributed by atoms with Gasteiger partial charge in [-0.3, -0.25) is 9.52 Å². The number of carbonyl (C=O) groups is 1. The van der Waals surface area contributed by atoms with Crippen LogP contribution in [0, 0.1) is 18.6 Å². The molecule has 0 radical (unpaired) electrons. The lowest BCUT2D eigenvalue weighted by molar-refractivity contribution is -0.116. The molecule has 1 amide bonds. The van der Waals surface area contributed by atoms with Gasteiger partial charge >= 0.3 is 0 Å². The lowest BCUT2D eigenvalue weighted by Crippen LogP contribution is -2.15. The van der Waals surface area contributed by atoms with E-state index < -0.39 is 33.3 Å². The molecular weight excluding hydrogens is 410 g/mol. The molecule has 5 nitrogen and oxygen atoms in total. The van der Waals surface area contributed by atoms with Gasteiger partial charge in [0.15, 0.2) is 0 Å². The number of benzene rings is 3. The number of sulfonamides is 1. The van der Waals surface area contributed by atoms with Crippen LogP contribution >= 0.6 is 0 Å². The van der Waals surface area contributed by atoms with Crippen LogP contribution in [-0.4, -0.2) is 14.3 Å². The van der Waals surface area contributed by atoms with E-state index in [4.69, 9.17) is 0 Å². The van der Waals surface area contributed by atoms with Gasteiger partial charge < -0.3 is 5.32 Å². The first-order valence-corrected chi connectivity index (χ1v) is 10.7. The summed E-state index contributed by atoms with van der Waals surface area (Å²) in [5.41, 5.74) is 1.71. The Labute approximate surface area is 173 Å². The van der Waals surface area contributed by atoms with Crippen molar-refractivity contribution in [3.8, 4) is 0 Å². The van der Waals surface area contributed by atoms with Gasteiger partial charge in [0.05, 0.1) is 4.90 Å². The van der Waals surface area contributed by atoms with Crippen molar-refractivity contribution in [1.29, 1.82) is 0 Å². The van der Waals surface area contributed by atoms with E-state index in [1.165, 1.54) is 18.2 Å². The van der Waals surface area contributed by atoms with Crippen molar-refractivity contribution in [3.63, 3.8) is 0 Å². The van der Waals surface area contributed by atoms with E-state index in [1.54, 1.807) is 36.4 Å². The van der Waals surface area contributed by atoms with Gasteiger partial charge in [-0.25, -0.2) is 17.2 Å². The topological polar surface area (TPSA) is 75.3 Å². The fraction of sp³-hybridized carbons (Fsp3) is 0.136. The van der Waals surface area contributed by atoms with Gasteiger partial charge in [0.2, 0.25) is 5.91 Å². The van der Waals surface area contributed by atoms with E-state index >= 15 is 0 Å². The van der Waals surface area contributed by atoms with Crippen LogP contribution < -0.4 is 10.0 Å². The summed E-state index contributed by atoms with van der Waals surface area (Å²) in [5.74, 6) is -2.24. The quantitative estimate of drug-likeness (QED) is 0.573. The van der Waals surface area contributed by atoms with Crippen molar-refractivity contribution in [2.24, 2.45) is 0 Å². The van der Waals surface area contributed by atoms with Crippen LogP contribution in [0.4, 0.5) is 20.2 Å². The van der Waals surface area contributed by atoms with Crippen LogP contribution in [0.2, 0.25) is 0 Å². The molecule has 0 saturated carbocycles. The van der Waals surface area contributed by atoms with Crippen LogP contribution in [0.1, 0.15) is 17.5 Å². The predicted molar refractivity (Wildman–Crippen MR) is 112 cm³/mol. The molecule has 0 aromatic heterocycles. The Morgan fingerprint density at radius 2 is 1.50 bits per heavy atom. The second kappa shape index (κ2) is 9.04. The van der Waals surface area contributed by atoms with Gasteiger partial charge in [-0.05, 0) is 55.3 Å². The number of halogens is 2. The van der Waals surface area contributed by atoms with Gasteiger partial charge in [-0.2, -0.15) is 0 Å². The summed E-state index contributed by atoms with van der Waals surface area (Å²) >= 11 is 0. The highest BCUT2D eigenvalue weighted by Gasteiger charge is 2.15. The Bertz CT molecular complexity index is 1130. The zero-order valence-corrected chi connectivity index (χ0v) is 17.0. The van der Waals surface area contributed by atoms with Gasteiger partial charge in [-0.15, -0.1) is 0 Å². The number of rotatable bonds is 7. The molecular formula is C22H20F2N2O3S. The molecule has 2 N–H and O–H groups in total. The smallest absolute Gasteiger partial charge is 0.261 e. The average Bonchev–Trinajstić information content (AvgIpc) is 2.71. The second-order valence-corrected chi connectivity index (χ2v) is 8.44. The lowest BCUT2D eigenvalue weighted by atomic mass is 10.1. The number of para-hydroxylation sites is 1. The minimum atomic E-state index is -3.74. The summed E-state index contributed by atoms with van der Waals surface area (Å²) in [6.07, 6.45) is 0.273. The van der Waals surface area contributed by atoms with Crippen molar-refractivity contribution in [2.45, 2.75) is 24.7 Å². The first-order valence-electron chi connectivity index (χ1n) is 9.17. The molecule has 3 rings (SSSR count). The number of hydrogen-bond acceptors (Lipinski definition) is 3. The summed E-state index contributed by atoms with van der Waals surface area (Å²) < 4.78 is 54.7. The van der Waals surface area contributed by atoms with E-state index in [0.29, 0.717) is 11.3 Å². The molecule has 0 aliphatic carbocycles. The largest absolute Gasteiger partial charge is 0.321 e. The summed E-state index contributed by atoms with van der Waals surface area (Å²) in [4.78, 5) is 12.1. The standard InChI is InChI=1S/C22H20F2N2O3S/c1-15-5-10-17(11-6-15)26-30(28,29)18-12-7-16(8-13-18)9-14-21(27)25-22-19(23)3-2-4-20(22)24/h2-8,10-13,26H,9,14H2,1H3,(H,25,27). The van der Waals surface area contributed by atoms with Gasteiger partial charge in [0, 0.05) is 12.1 Å². The van der Waals surface area contributed by atoms with E-state index in [9.17, 15) is 22.0 Å². The zero-order valence-electron chi connectivity index (χ0n) is 16.2. The minimum Gasteiger partial charge on any atom is -0.321 e. The first kappa shape index (κ1) is 21.4. The number of hydrogen-bond donors (Lipinski definition) is 2. The Morgan fingerprint density at radius 1 is 0.900 bits per heavy atom. The van der Waals surface area contributed by atoms with E-state index in [-0.39, 0.29) is 17.7 Å². The Morgan fingerprint density at radius 3 is 2.10 bits per heavy atom. The van der Waals surface area contributed by atoms with E-state index in [0.717, 1.165) is 17.7 Å². The fourth-order valence-corrected chi connectivity index (χ4v) is 3.81. The van der Waals surface area contributed by atoms with Crippen molar-refractivity contribution in [2.75, 3.05) is 10.0 Å². The van der Waals surface area contributed by atoms with Crippen LogP contribution in [0.3, 0.4) is 0 Å². The normalized spacial score (nSPS) is 11.2. The molecule has 0 aliphatic heterocycles. The number of amides is 1. The minimum absolute atomic E-state index is 0.0124. The van der Waals surface area contributed by atoms with Gasteiger partial charge in [-0.1, -0.05) is 35.9 Å². The highest BCUT2D eigenvalue weighted by molar-refractivity contribution is 7.92. The maximum absolute atomic E-state index is 13.6. The number of nitrogens with one attached hydrogen (secondary N) is 2. The molecule has 8 heteroatoms. The Kier molecular flexibility index (Phi) is 6.47. The number of carbonyl (C=O) groups excluding carboxylic acids is 1. The van der Waals surface area contributed by atoms with E-state index in [2.05, 4.69) is 10.0 Å². The molecule has 156 valence electrons. The molecule has 3 aromatic carbocycles. The molecule has 0 spiro atoms. The van der Waals surface area contributed by atoms with Gasteiger partial charge in [0.25, 0.3) is 10.0 Å². The molecule has 0 heterocycles. The highest BCUT2D eigenvalue weighted by atomic mass is 32.2. The van der Waals surface area contributed by atoms with Crippen LogP contribution in [-0.2, 0) is 21.2 Å². The number of anilines is 2. The summed E-state index contributed by atoms with van der Waals surface area (Å²) in [6.45, 7) is 1.91.